The SMILES string of the molecule is CCC(CCN)CCc1nc(-c2ccc(Br)s2)no1. The number of halogens is 1. The molecule has 1 unspecified atom stereocenters. The first-order chi connectivity index (χ1) is 9.22. The molecule has 0 amide bonds. The summed E-state index contributed by atoms with van der Waals surface area (Å²) in [7, 11) is 0. The fourth-order valence-electron chi connectivity index (χ4n) is 2.01. The van der Waals surface area contributed by atoms with Crippen LogP contribution in [0.3, 0.4) is 0 Å². The monoisotopic (exact) mass is 343 g/mol. The zero-order valence-electron chi connectivity index (χ0n) is 10.9. The first-order valence-corrected chi connectivity index (χ1v) is 8.12. The molecule has 19 heavy (non-hydrogen) atoms. The van der Waals surface area contributed by atoms with E-state index in [1.807, 2.05) is 12.1 Å². The van der Waals surface area contributed by atoms with E-state index in [1.165, 1.54) is 0 Å². The predicted molar refractivity (Wildman–Crippen MR) is 81.1 cm³/mol. The van der Waals surface area contributed by atoms with Crippen LogP contribution in [0.1, 0.15) is 32.1 Å². The van der Waals surface area contributed by atoms with Gasteiger partial charge in [0.05, 0.1) is 8.66 Å². The zero-order valence-corrected chi connectivity index (χ0v) is 13.3. The third kappa shape index (κ3) is 4.12. The Morgan fingerprint density at radius 1 is 1.42 bits per heavy atom. The molecule has 104 valence electrons. The molecule has 2 aromatic rings. The van der Waals surface area contributed by atoms with Crippen LogP contribution in [0.4, 0.5) is 0 Å². The van der Waals surface area contributed by atoms with Gasteiger partial charge in [-0.2, -0.15) is 4.98 Å². The number of rotatable bonds is 7. The molecule has 2 N–H and O–H groups in total. The van der Waals surface area contributed by atoms with E-state index in [0.717, 1.165) is 46.8 Å². The van der Waals surface area contributed by atoms with Crippen molar-refractivity contribution in [1.29, 1.82) is 0 Å². The summed E-state index contributed by atoms with van der Waals surface area (Å²) in [5, 5.41) is 4.03. The highest BCUT2D eigenvalue weighted by Crippen LogP contribution is 2.29. The van der Waals surface area contributed by atoms with Crippen molar-refractivity contribution in [3.05, 3.63) is 21.8 Å². The number of aryl methyl sites for hydroxylation is 1. The maximum absolute atomic E-state index is 5.60. The molecule has 0 radical (unpaired) electrons. The van der Waals surface area contributed by atoms with Crippen LogP contribution in [-0.4, -0.2) is 16.7 Å². The van der Waals surface area contributed by atoms with Crippen LogP contribution in [0.5, 0.6) is 0 Å². The van der Waals surface area contributed by atoms with Crippen molar-refractivity contribution in [3.8, 4) is 10.7 Å². The highest BCUT2D eigenvalue weighted by molar-refractivity contribution is 9.11. The fraction of sp³-hybridized carbons (Fsp3) is 0.538. The van der Waals surface area contributed by atoms with Gasteiger partial charge in [-0.1, -0.05) is 18.5 Å². The lowest BCUT2D eigenvalue weighted by Gasteiger charge is -2.11. The van der Waals surface area contributed by atoms with E-state index in [2.05, 4.69) is 33.0 Å². The molecular weight excluding hydrogens is 326 g/mol. The quantitative estimate of drug-likeness (QED) is 0.828. The van der Waals surface area contributed by atoms with Crippen LogP contribution in [0.25, 0.3) is 10.7 Å². The van der Waals surface area contributed by atoms with E-state index in [-0.39, 0.29) is 0 Å². The van der Waals surface area contributed by atoms with Crippen LogP contribution in [0.2, 0.25) is 0 Å². The van der Waals surface area contributed by atoms with Gasteiger partial charge >= 0.3 is 0 Å². The van der Waals surface area contributed by atoms with Crippen molar-refractivity contribution >= 4 is 27.3 Å². The molecule has 2 aromatic heterocycles. The van der Waals surface area contributed by atoms with Crippen LogP contribution in [0.15, 0.2) is 20.4 Å². The van der Waals surface area contributed by atoms with Gasteiger partial charge in [0.1, 0.15) is 0 Å². The number of hydrogen-bond acceptors (Lipinski definition) is 5. The van der Waals surface area contributed by atoms with Crippen molar-refractivity contribution in [1.82, 2.24) is 10.1 Å². The molecular formula is C13H18BrN3OS. The highest BCUT2D eigenvalue weighted by atomic mass is 79.9. The van der Waals surface area contributed by atoms with Gasteiger partial charge in [0, 0.05) is 6.42 Å². The lowest BCUT2D eigenvalue weighted by atomic mass is 9.97. The summed E-state index contributed by atoms with van der Waals surface area (Å²) in [6, 6.07) is 3.98. The lowest BCUT2D eigenvalue weighted by molar-refractivity contribution is 0.354. The predicted octanol–water partition coefficient (Wildman–Crippen LogP) is 3.87. The van der Waals surface area contributed by atoms with E-state index >= 15 is 0 Å². The molecule has 0 bridgehead atoms. The molecule has 0 spiro atoms. The third-order valence-corrected chi connectivity index (χ3v) is 4.80. The Bertz CT molecular complexity index is 511. The number of nitrogens with zero attached hydrogens (tertiary/aromatic N) is 2. The summed E-state index contributed by atoms with van der Waals surface area (Å²) < 4.78 is 6.37. The second-order valence-electron chi connectivity index (χ2n) is 4.51. The summed E-state index contributed by atoms with van der Waals surface area (Å²) in [5.74, 6) is 2.05. The summed E-state index contributed by atoms with van der Waals surface area (Å²) in [4.78, 5) is 5.46. The average molecular weight is 344 g/mol. The largest absolute Gasteiger partial charge is 0.339 e. The first kappa shape index (κ1) is 14.7. The average Bonchev–Trinajstić information content (AvgIpc) is 3.03. The van der Waals surface area contributed by atoms with Crippen molar-refractivity contribution in [2.24, 2.45) is 11.7 Å². The number of aromatic nitrogens is 2. The minimum Gasteiger partial charge on any atom is -0.339 e. The van der Waals surface area contributed by atoms with Crippen LogP contribution >= 0.6 is 27.3 Å². The third-order valence-electron chi connectivity index (χ3n) is 3.18. The molecule has 0 fully saturated rings. The number of nitrogens with two attached hydrogens (primary N) is 1. The van der Waals surface area contributed by atoms with Gasteiger partial charge in [-0.25, -0.2) is 0 Å². The maximum Gasteiger partial charge on any atom is 0.226 e. The van der Waals surface area contributed by atoms with Gasteiger partial charge in [0.2, 0.25) is 11.7 Å². The standard InChI is InChI=1S/C13H18BrN3OS/c1-2-9(7-8-15)3-6-12-16-13(17-18-12)10-4-5-11(14)19-10/h4-5,9H,2-3,6-8,15H2,1H3. The summed E-state index contributed by atoms with van der Waals surface area (Å²) in [6.07, 6.45) is 4.10. The minimum absolute atomic E-state index is 0.649. The molecule has 6 heteroatoms. The summed E-state index contributed by atoms with van der Waals surface area (Å²) in [6.45, 7) is 2.94. The Morgan fingerprint density at radius 3 is 2.89 bits per heavy atom. The van der Waals surface area contributed by atoms with Crippen molar-refractivity contribution in [3.63, 3.8) is 0 Å². The van der Waals surface area contributed by atoms with Gasteiger partial charge < -0.3 is 10.3 Å². The second kappa shape index (κ2) is 7.17. The topological polar surface area (TPSA) is 64.9 Å². The van der Waals surface area contributed by atoms with Crippen LogP contribution in [-0.2, 0) is 6.42 Å². The molecule has 2 heterocycles. The van der Waals surface area contributed by atoms with Gasteiger partial charge in [-0.3, -0.25) is 0 Å². The van der Waals surface area contributed by atoms with E-state index in [4.69, 9.17) is 10.3 Å². The molecule has 0 saturated heterocycles. The molecule has 0 aliphatic rings. The Morgan fingerprint density at radius 2 is 2.26 bits per heavy atom. The molecule has 2 rings (SSSR count). The van der Waals surface area contributed by atoms with Gasteiger partial charge in [0.25, 0.3) is 0 Å². The normalized spacial score (nSPS) is 12.8. The van der Waals surface area contributed by atoms with Crippen molar-refractivity contribution < 1.29 is 4.52 Å². The van der Waals surface area contributed by atoms with E-state index in [0.29, 0.717) is 11.7 Å². The van der Waals surface area contributed by atoms with Gasteiger partial charge in [0.15, 0.2) is 0 Å². The molecule has 0 aliphatic carbocycles. The molecule has 0 saturated carbocycles. The molecule has 4 nitrogen and oxygen atoms in total. The van der Waals surface area contributed by atoms with E-state index in [1.54, 1.807) is 11.3 Å². The molecule has 1 atom stereocenters. The van der Waals surface area contributed by atoms with Crippen LogP contribution < -0.4 is 5.73 Å². The minimum atomic E-state index is 0.649. The zero-order chi connectivity index (χ0) is 13.7. The lowest BCUT2D eigenvalue weighted by Crippen LogP contribution is -2.09. The van der Waals surface area contributed by atoms with E-state index in [9.17, 15) is 0 Å². The highest BCUT2D eigenvalue weighted by Gasteiger charge is 2.12. The summed E-state index contributed by atoms with van der Waals surface area (Å²) in [5.41, 5.74) is 5.60. The smallest absolute Gasteiger partial charge is 0.226 e. The molecule has 0 aliphatic heterocycles. The summed E-state index contributed by atoms with van der Waals surface area (Å²) >= 11 is 5.04. The first-order valence-electron chi connectivity index (χ1n) is 6.51. The Kier molecular flexibility index (Phi) is 5.54. The van der Waals surface area contributed by atoms with Crippen molar-refractivity contribution in [2.45, 2.75) is 32.6 Å². The van der Waals surface area contributed by atoms with Crippen LogP contribution in [0, 0.1) is 5.92 Å². The maximum atomic E-state index is 5.60. The van der Waals surface area contributed by atoms with Gasteiger partial charge in [-0.15, -0.1) is 11.3 Å². The number of hydrogen-bond donors (Lipinski definition) is 1. The fourth-order valence-corrected chi connectivity index (χ4v) is 3.32. The Hall–Kier alpha value is -0.720. The van der Waals surface area contributed by atoms with Gasteiger partial charge in [-0.05, 0) is 53.4 Å². The molecule has 0 aromatic carbocycles. The van der Waals surface area contributed by atoms with E-state index < -0.39 is 0 Å². The van der Waals surface area contributed by atoms with Crippen molar-refractivity contribution in [2.75, 3.05) is 6.54 Å². The Balaban J connectivity index is 1.94. The number of thiophene rings is 1. The Labute approximate surface area is 125 Å². The second-order valence-corrected chi connectivity index (χ2v) is 6.97.